The predicted octanol–water partition coefficient (Wildman–Crippen LogP) is 1.16. The van der Waals surface area contributed by atoms with Gasteiger partial charge in [-0.15, -0.1) is 0 Å². The average Bonchev–Trinajstić information content (AvgIpc) is 2.57. The number of carbonyl (C=O) groups excluding carboxylic acids is 1. The van der Waals surface area contributed by atoms with E-state index in [4.69, 9.17) is 5.73 Å². The maximum atomic E-state index is 12.2. The largest absolute Gasteiger partial charge is 0.382 e. The molecule has 0 saturated heterocycles. The molecule has 3 aromatic rings. The normalized spacial score (nSPS) is 10.2. The molecular weight excluding hydrogens is 282 g/mol. The van der Waals surface area contributed by atoms with E-state index < -0.39 is 5.91 Å². The second-order valence-electron chi connectivity index (χ2n) is 4.28. The Morgan fingerprint density at radius 3 is 2.73 bits per heavy atom. The van der Waals surface area contributed by atoms with E-state index in [9.17, 15) is 4.79 Å². The molecule has 3 rings (SSSR count). The first-order chi connectivity index (χ1) is 10.7. The number of hydrogen-bond acceptors (Lipinski definition) is 7. The first kappa shape index (κ1) is 13.6. The minimum absolute atomic E-state index is 0.0277. The van der Waals surface area contributed by atoms with E-state index in [0.29, 0.717) is 11.5 Å². The molecular formula is C14H11N7O. The summed E-state index contributed by atoms with van der Waals surface area (Å²) < 4.78 is 0. The SMILES string of the molecule is Nc1ncc(-c2cccnc2)nc1C(=O)Nc1ccncn1. The molecule has 3 aromatic heterocycles. The highest BCUT2D eigenvalue weighted by Crippen LogP contribution is 2.17. The molecule has 0 fully saturated rings. The molecule has 3 heterocycles. The van der Waals surface area contributed by atoms with Gasteiger partial charge in [0.05, 0.1) is 11.9 Å². The maximum absolute atomic E-state index is 12.2. The van der Waals surface area contributed by atoms with Crippen LogP contribution in [0.5, 0.6) is 0 Å². The summed E-state index contributed by atoms with van der Waals surface area (Å²) in [7, 11) is 0. The lowest BCUT2D eigenvalue weighted by Gasteiger charge is -2.07. The number of nitrogens with zero attached hydrogens (tertiary/aromatic N) is 5. The number of rotatable bonds is 3. The summed E-state index contributed by atoms with van der Waals surface area (Å²) in [6, 6.07) is 5.15. The molecule has 8 heteroatoms. The smallest absolute Gasteiger partial charge is 0.279 e. The van der Waals surface area contributed by atoms with Crippen LogP contribution in [0.15, 0.2) is 49.3 Å². The molecule has 22 heavy (non-hydrogen) atoms. The number of anilines is 2. The number of amides is 1. The van der Waals surface area contributed by atoms with Gasteiger partial charge in [-0.1, -0.05) is 0 Å². The first-order valence-corrected chi connectivity index (χ1v) is 6.34. The summed E-state index contributed by atoms with van der Waals surface area (Å²) in [5.74, 6) is -0.0957. The van der Waals surface area contributed by atoms with E-state index in [0.717, 1.165) is 5.56 Å². The van der Waals surface area contributed by atoms with Crippen LogP contribution in [-0.2, 0) is 0 Å². The minimum atomic E-state index is -0.491. The lowest BCUT2D eigenvalue weighted by Crippen LogP contribution is -2.18. The third-order valence-corrected chi connectivity index (χ3v) is 2.80. The molecule has 8 nitrogen and oxygen atoms in total. The summed E-state index contributed by atoms with van der Waals surface area (Å²) in [6.45, 7) is 0. The molecule has 0 bridgehead atoms. The Hall–Kier alpha value is -3.42. The molecule has 0 saturated carbocycles. The quantitative estimate of drug-likeness (QED) is 0.743. The summed E-state index contributed by atoms with van der Waals surface area (Å²) in [5, 5.41) is 2.59. The van der Waals surface area contributed by atoms with Crippen molar-refractivity contribution in [1.29, 1.82) is 0 Å². The fourth-order valence-corrected chi connectivity index (χ4v) is 1.76. The van der Waals surface area contributed by atoms with Gasteiger partial charge >= 0.3 is 0 Å². The average molecular weight is 293 g/mol. The van der Waals surface area contributed by atoms with E-state index in [-0.39, 0.29) is 11.5 Å². The van der Waals surface area contributed by atoms with Crippen molar-refractivity contribution < 1.29 is 4.79 Å². The van der Waals surface area contributed by atoms with Crippen LogP contribution in [0, 0.1) is 0 Å². The molecule has 0 spiro atoms. The van der Waals surface area contributed by atoms with Gasteiger partial charge < -0.3 is 11.1 Å². The second-order valence-corrected chi connectivity index (χ2v) is 4.28. The van der Waals surface area contributed by atoms with Gasteiger partial charge in [0.25, 0.3) is 5.91 Å². The molecule has 0 radical (unpaired) electrons. The van der Waals surface area contributed by atoms with Crippen LogP contribution in [0.2, 0.25) is 0 Å². The Labute approximate surface area is 125 Å². The van der Waals surface area contributed by atoms with Crippen molar-refractivity contribution in [1.82, 2.24) is 24.9 Å². The predicted molar refractivity (Wildman–Crippen MR) is 79.7 cm³/mol. The van der Waals surface area contributed by atoms with Crippen LogP contribution in [0.4, 0.5) is 11.6 Å². The monoisotopic (exact) mass is 293 g/mol. The van der Waals surface area contributed by atoms with Crippen LogP contribution in [0.25, 0.3) is 11.3 Å². The fourth-order valence-electron chi connectivity index (χ4n) is 1.76. The van der Waals surface area contributed by atoms with Crippen LogP contribution < -0.4 is 11.1 Å². The number of aromatic nitrogens is 5. The molecule has 108 valence electrons. The number of pyridine rings is 1. The molecule has 0 aliphatic rings. The Balaban J connectivity index is 1.91. The number of nitrogens with one attached hydrogen (secondary N) is 1. The van der Waals surface area contributed by atoms with Crippen molar-refractivity contribution >= 4 is 17.5 Å². The van der Waals surface area contributed by atoms with Crippen molar-refractivity contribution in [3.8, 4) is 11.3 Å². The van der Waals surface area contributed by atoms with E-state index in [1.165, 1.54) is 18.7 Å². The highest BCUT2D eigenvalue weighted by Gasteiger charge is 2.15. The fraction of sp³-hybridized carbons (Fsp3) is 0. The molecule has 0 unspecified atom stereocenters. The van der Waals surface area contributed by atoms with Gasteiger partial charge in [0, 0.05) is 24.2 Å². The highest BCUT2D eigenvalue weighted by atomic mass is 16.2. The Kier molecular flexibility index (Phi) is 3.65. The number of carbonyl (C=O) groups is 1. The number of nitrogen functional groups attached to an aromatic ring is 1. The topological polar surface area (TPSA) is 120 Å². The van der Waals surface area contributed by atoms with E-state index >= 15 is 0 Å². The zero-order chi connectivity index (χ0) is 15.4. The summed E-state index contributed by atoms with van der Waals surface area (Å²) in [4.78, 5) is 32.2. The standard InChI is InChI=1S/C14H11N7O/c15-13-12(14(22)21-11-3-5-17-8-19-11)20-10(7-18-13)9-2-1-4-16-6-9/h1-8H,(H2,15,18)(H,17,19,21,22). The van der Waals surface area contributed by atoms with Crippen molar-refractivity contribution in [2.24, 2.45) is 0 Å². The molecule has 1 amide bonds. The zero-order valence-corrected chi connectivity index (χ0v) is 11.3. The summed E-state index contributed by atoms with van der Waals surface area (Å²) >= 11 is 0. The van der Waals surface area contributed by atoms with Gasteiger partial charge in [0.15, 0.2) is 11.5 Å². The van der Waals surface area contributed by atoms with Crippen LogP contribution >= 0.6 is 0 Å². The van der Waals surface area contributed by atoms with E-state index in [2.05, 4.69) is 30.2 Å². The van der Waals surface area contributed by atoms with Crippen LogP contribution in [0.3, 0.4) is 0 Å². The third kappa shape index (κ3) is 2.85. The van der Waals surface area contributed by atoms with E-state index in [1.807, 2.05) is 6.07 Å². The highest BCUT2D eigenvalue weighted by molar-refractivity contribution is 6.05. The van der Waals surface area contributed by atoms with Gasteiger partial charge in [-0.2, -0.15) is 0 Å². The Bertz CT molecular complexity index is 793. The zero-order valence-electron chi connectivity index (χ0n) is 11.3. The molecule has 0 aliphatic heterocycles. The van der Waals surface area contributed by atoms with Crippen molar-refractivity contribution in [3.63, 3.8) is 0 Å². The van der Waals surface area contributed by atoms with Crippen molar-refractivity contribution in [2.75, 3.05) is 11.1 Å². The molecule has 0 aromatic carbocycles. The van der Waals surface area contributed by atoms with Crippen LogP contribution in [0.1, 0.15) is 10.5 Å². The molecule has 0 aliphatic carbocycles. The van der Waals surface area contributed by atoms with Crippen molar-refractivity contribution in [2.45, 2.75) is 0 Å². The molecule has 3 N–H and O–H groups in total. The molecule has 0 atom stereocenters. The Morgan fingerprint density at radius 1 is 1.09 bits per heavy atom. The van der Waals surface area contributed by atoms with Gasteiger partial charge in [-0.05, 0) is 18.2 Å². The van der Waals surface area contributed by atoms with E-state index in [1.54, 1.807) is 24.5 Å². The maximum Gasteiger partial charge on any atom is 0.279 e. The number of hydrogen-bond donors (Lipinski definition) is 2. The van der Waals surface area contributed by atoms with Crippen molar-refractivity contribution in [3.05, 3.63) is 55.0 Å². The van der Waals surface area contributed by atoms with Gasteiger partial charge in [0.1, 0.15) is 12.1 Å². The lowest BCUT2D eigenvalue weighted by atomic mass is 10.2. The van der Waals surface area contributed by atoms with Crippen LogP contribution in [-0.4, -0.2) is 30.8 Å². The lowest BCUT2D eigenvalue weighted by molar-refractivity contribution is 0.102. The number of nitrogens with two attached hydrogens (primary N) is 1. The van der Waals surface area contributed by atoms with Gasteiger partial charge in [-0.3, -0.25) is 9.78 Å². The Morgan fingerprint density at radius 2 is 2.00 bits per heavy atom. The first-order valence-electron chi connectivity index (χ1n) is 6.34. The summed E-state index contributed by atoms with van der Waals surface area (Å²) in [6.07, 6.45) is 7.62. The second kappa shape index (κ2) is 5.92. The van der Waals surface area contributed by atoms with Gasteiger partial charge in [0.2, 0.25) is 0 Å². The third-order valence-electron chi connectivity index (χ3n) is 2.80. The van der Waals surface area contributed by atoms with Gasteiger partial charge in [-0.25, -0.2) is 19.9 Å². The minimum Gasteiger partial charge on any atom is -0.382 e. The summed E-state index contributed by atoms with van der Waals surface area (Å²) in [5.41, 5.74) is 7.02.